The van der Waals surface area contributed by atoms with Crippen molar-refractivity contribution in [2.75, 3.05) is 33.4 Å². The highest BCUT2D eigenvalue weighted by Gasteiger charge is 2.18. The Morgan fingerprint density at radius 1 is 1.36 bits per heavy atom. The van der Waals surface area contributed by atoms with E-state index in [9.17, 15) is 0 Å². The van der Waals surface area contributed by atoms with Crippen molar-refractivity contribution in [2.24, 2.45) is 10.9 Å². The fourth-order valence-electron chi connectivity index (χ4n) is 2.78. The van der Waals surface area contributed by atoms with E-state index in [0.29, 0.717) is 12.5 Å². The minimum absolute atomic E-state index is 0. The topological polar surface area (TPSA) is 46.1 Å². The predicted octanol–water partition coefficient (Wildman–Crippen LogP) is 3.53. The van der Waals surface area contributed by atoms with Crippen molar-refractivity contribution in [1.82, 2.24) is 10.2 Å². The average Bonchev–Trinajstić information content (AvgIpc) is 3.05. The number of rotatable bonds is 7. The molecule has 1 fully saturated rings. The lowest BCUT2D eigenvalue weighted by Gasteiger charge is -2.24. The van der Waals surface area contributed by atoms with Gasteiger partial charge in [-0.2, -0.15) is 0 Å². The van der Waals surface area contributed by atoms with E-state index in [1.54, 1.807) is 0 Å². The molecule has 0 aliphatic carbocycles. The molecule has 0 radical (unpaired) electrons. The molecule has 1 atom stereocenters. The zero-order valence-corrected chi connectivity index (χ0v) is 18.2. The van der Waals surface area contributed by atoms with Crippen LogP contribution in [0.3, 0.4) is 0 Å². The van der Waals surface area contributed by atoms with E-state index in [-0.39, 0.29) is 30.1 Å². The van der Waals surface area contributed by atoms with Gasteiger partial charge in [-0.1, -0.05) is 12.1 Å². The summed E-state index contributed by atoms with van der Waals surface area (Å²) in [6, 6.07) is 8.18. The van der Waals surface area contributed by atoms with E-state index in [2.05, 4.69) is 36.3 Å². The van der Waals surface area contributed by atoms with Gasteiger partial charge in [0.05, 0.1) is 19.3 Å². The van der Waals surface area contributed by atoms with Gasteiger partial charge in [0.2, 0.25) is 0 Å². The van der Waals surface area contributed by atoms with E-state index in [4.69, 9.17) is 14.5 Å². The van der Waals surface area contributed by atoms with Gasteiger partial charge in [0.1, 0.15) is 5.75 Å². The van der Waals surface area contributed by atoms with Gasteiger partial charge in [0.15, 0.2) is 5.96 Å². The molecule has 6 heteroatoms. The van der Waals surface area contributed by atoms with Crippen molar-refractivity contribution < 1.29 is 9.47 Å². The van der Waals surface area contributed by atoms with Gasteiger partial charge in [-0.05, 0) is 44.9 Å². The fourth-order valence-corrected chi connectivity index (χ4v) is 2.78. The molecule has 5 nitrogen and oxygen atoms in total. The van der Waals surface area contributed by atoms with Crippen LogP contribution in [0.25, 0.3) is 0 Å². The monoisotopic (exact) mass is 461 g/mol. The maximum Gasteiger partial charge on any atom is 0.193 e. The first kappa shape index (κ1) is 22.0. The highest BCUT2D eigenvalue weighted by atomic mass is 127. The Morgan fingerprint density at radius 2 is 2.08 bits per heavy atom. The number of halogens is 1. The molecule has 1 aliphatic rings. The molecule has 0 bridgehead atoms. The maximum absolute atomic E-state index is 5.68. The van der Waals surface area contributed by atoms with Gasteiger partial charge in [-0.3, -0.25) is 0 Å². The lowest BCUT2D eigenvalue weighted by atomic mass is 10.1. The van der Waals surface area contributed by atoms with Crippen LogP contribution in [0.2, 0.25) is 0 Å². The van der Waals surface area contributed by atoms with Gasteiger partial charge in [-0.15, -0.1) is 24.0 Å². The first-order valence-corrected chi connectivity index (χ1v) is 8.91. The average molecular weight is 461 g/mol. The third kappa shape index (κ3) is 7.81. The molecule has 1 aromatic carbocycles. The van der Waals surface area contributed by atoms with Gasteiger partial charge in [-0.25, -0.2) is 4.99 Å². The normalized spacial score (nSPS) is 17.3. The lowest BCUT2D eigenvalue weighted by molar-refractivity contribution is 0.181. The lowest BCUT2D eigenvalue weighted by Crippen LogP contribution is -2.41. The standard InChI is InChI=1S/C19H31N3O2.HI/c1-5-20-19(22(4)13-17-10-11-23-14-17)21-12-16-6-8-18(9-7-16)24-15(2)3;/h6-9,15,17H,5,10-14H2,1-4H3,(H,20,21);1H. The number of ether oxygens (including phenoxy) is 2. The SMILES string of the molecule is CCNC(=NCc1ccc(OC(C)C)cc1)N(C)CC1CCOC1.I. The Hall–Kier alpha value is -1.02. The zero-order valence-electron chi connectivity index (χ0n) is 15.8. The predicted molar refractivity (Wildman–Crippen MR) is 114 cm³/mol. The summed E-state index contributed by atoms with van der Waals surface area (Å²) in [6.07, 6.45) is 1.34. The summed E-state index contributed by atoms with van der Waals surface area (Å²) in [6.45, 7) is 10.4. The Morgan fingerprint density at radius 3 is 2.64 bits per heavy atom. The number of hydrogen-bond acceptors (Lipinski definition) is 3. The molecule has 1 unspecified atom stereocenters. The second-order valence-corrected chi connectivity index (χ2v) is 6.59. The number of nitrogens with zero attached hydrogens (tertiary/aromatic N) is 2. The molecule has 1 aromatic rings. The first-order chi connectivity index (χ1) is 11.6. The second kappa shape index (κ2) is 11.6. The summed E-state index contributed by atoms with van der Waals surface area (Å²) < 4.78 is 11.1. The van der Waals surface area contributed by atoms with Crippen molar-refractivity contribution in [1.29, 1.82) is 0 Å². The molecule has 0 spiro atoms. The smallest absolute Gasteiger partial charge is 0.193 e. The van der Waals surface area contributed by atoms with Crippen LogP contribution in [0.5, 0.6) is 5.75 Å². The van der Waals surface area contributed by atoms with Crippen molar-refractivity contribution in [3.8, 4) is 5.75 Å². The molecular weight excluding hydrogens is 429 g/mol. The molecule has 1 saturated heterocycles. The zero-order chi connectivity index (χ0) is 17.4. The number of nitrogens with one attached hydrogen (secondary N) is 1. The number of hydrogen-bond donors (Lipinski definition) is 1. The third-order valence-corrected chi connectivity index (χ3v) is 3.96. The Labute approximate surface area is 169 Å². The van der Waals surface area contributed by atoms with Crippen LogP contribution in [0, 0.1) is 5.92 Å². The largest absolute Gasteiger partial charge is 0.491 e. The number of aliphatic imine (C=N–C) groups is 1. The summed E-state index contributed by atoms with van der Waals surface area (Å²) in [4.78, 5) is 6.97. The van der Waals surface area contributed by atoms with E-state index in [1.165, 1.54) is 5.56 Å². The molecule has 1 heterocycles. The van der Waals surface area contributed by atoms with Crippen molar-refractivity contribution in [2.45, 2.75) is 39.8 Å². The molecule has 0 saturated carbocycles. The van der Waals surface area contributed by atoms with Crippen molar-refractivity contribution >= 4 is 29.9 Å². The van der Waals surface area contributed by atoms with E-state index < -0.39 is 0 Å². The molecule has 2 rings (SSSR count). The van der Waals surface area contributed by atoms with Gasteiger partial charge < -0.3 is 19.7 Å². The second-order valence-electron chi connectivity index (χ2n) is 6.59. The van der Waals surface area contributed by atoms with Crippen LogP contribution >= 0.6 is 24.0 Å². The van der Waals surface area contributed by atoms with Gasteiger partial charge in [0, 0.05) is 32.7 Å². The number of guanidine groups is 1. The minimum atomic E-state index is 0. The summed E-state index contributed by atoms with van der Waals surface area (Å²) in [5.74, 6) is 2.46. The molecule has 0 aromatic heterocycles. The third-order valence-electron chi connectivity index (χ3n) is 3.96. The highest BCUT2D eigenvalue weighted by Crippen LogP contribution is 2.15. The minimum Gasteiger partial charge on any atom is -0.491 e. The summed E-state index contributed by atoms with van der Waals surface area (Å²) in [7, 11) is 2.10. The molecule has 25 heavy (non-hydrogen) atoms. The van der Waals surface area contributed by atoms with Crippen molar-refractivity contribution in [3.05, 3.63) is 29.8 Å². The number of benzene rings is 1. The van der Waals surface area contributed by atoms with Crippen LogP contribution < -0.4 is 10.1 Å². The summed E-state index contributed by atoms with van der Waals surface area (Å²) >= 11 is 0. The van der Waals surface area contributed by atoms with Crippen molar-refractivity contribution in [3.63, 3.8) is 0 Å². The summed E-state index contributed by atoms with van der Waals surface area (Å²) in [5, 5.41) is 3.37. The Balaban J connectivity index is 0.00000312. The van der Waals surface area contributed by atoms with Gasteiger partial charge in [0.25, 0.3) is 0 Å². The molecule has 142 valence electrons. The molecular formula is C19H32IN3O2. The quantitative estimate of drug-likeness (QED) is 0.384. The van der Waals surface area contributed by atoms with Crippen LogP contribution in [0.1, 0.15) is 32.8 Å². The first-order valence-electron chi connectivity index (χ1n) is 8.91. The van der Waals surface area contributed by atoms with E-state index >= 15 is 0 Å². The maximum atomic E-state index is 5.68. The Bertz CT molecular complexity index is 514. The molecule has 1 N–H and O–H groups in total. The molecule has 0 amide bonds. The van der Waals surface area contributed by atoms with Crippen LogP contribution in [-0.2, 0) is 11.3 Å². The van der Waals surface area contributed by atoms with E-state index in [1.807, 2.05) is 26.0 Å². The highest BCUT2D eigenvalue weighted by molar-refractivity contribution is 14.0. The van der Waals surface area contributed by atoms with Gasteiger partial charge >= 0.3 is 0 Å². The van der Waals surface area contributed by atoms with Crippen LogP contribution in [0.4, 0.5) is 0 Å². The van der Waals surface area contributed by atoms with Crippen LogP contribution in [0.15, 0.2) is 29.3 Å². The Kier molecular flexibility index (Phi) is 10.2. The summed E-state index contributed by atoms with van der Waals surface area (Å²) in [5.41, 5.74) is 1.18. The molecule has 1 aliphatic heterocycles. The van der Waals surface area contributed by atoms with E-state index in [0.717, 1.165) is 44.4 Å². The fraction of sp³-hybridized carbons (Fsp3) is 0.632. The van der Waals surface area contributed by atoms with Crippen LogP contribution in [-0.4, -0.2) is 50.3 Å².